The van der Waals surface area contributed by atoms with Gasteiger partial charge in [0.25, 0.3) is 5.91 Å². The van der Waals surface area contributed by atoms with Gasteiger partial charge in [-0.05, 0) is 36.4 Å². The van der Waals surface area contributed by atoms with Crippen molar-refractivity contribution in [2.24, 2.45) is 0 Å². The van der Waals surface area contributed by atoms with Crippen molar-refractivity contribution in [1.29, 1.82) is 0 Å². The largest absolute Gasteiger partial charge is 0.454 e. The minimum Gasteiger partial charge on any atom is -0.454 e. The molecular weight excluding hydrogens is 439 g/mol. The molecule has 4 aromatic rings. The lowest BCUT2D eigenvalue weighted by molar-refractivity contribution is -0.147. The summed E-state index contributed by atoms with van der Waals surface area (Å²) in [7, 11) is 0. The van der Waals surface area contributed by atoms with Crippen LogP contribution < -0.4 is 10.7 Å². The number of benzene rings is 3. The highest BCUT2D eigenvalue weighted by atomic mass is 35.5. The Morgan fingerprint density at radius 3 is 1.97 bits per heavy atom. The lowest BCUT2D eigenvalue weighted by Crippen LogP contribution is -2.24. The van der Waals surface area contributed by atoms with Crippen LogP contribution >= 0.6 is 23.2 Å². The fraction of sp³-hybridized carbons (Fsp3) is 0.0870. The lowest BCUT2D eigenvalue weighted by atomic mass is 10.1. The van der Waals surface area contributed by atoms with Gasteiger partial charge in [0.15, 0.2) is 12.0 Å². The van der Waals surface area contributed by atoms with E-state index < -0.39 is 18.5 Å². The van der Waals surface area contributed by atoms with E-state index in [1.54, 1.807) is 71.3 Å². The Morgan fingerprint density at radius 2 is 1.39 bits per heavy atom. The molecule has 1 aromatic heterocycles. The lowest BCUT2D eigenvalue weighted by Gasteiger charge is -2.15. The number of halogens is 2. The van der Waals surface area contributed by atoms with Crippen LogP contribution in [-0.4, -0.2) is 23.1 Å². The van der Waals surface area contributed by atoms with E-state index in [-0.39, 0.29) is 27.7 Å². The van der Waals surface area contributed by atoms with Crippen LogP contribution in [0.15, 0.2) is 71.5 Å². The van der Waals surface area contributed by atoms with Crippen LogP contribution in [0.25, 0.3) is 21.8 Å². The highest BCUT2D eigenvalue weighted by molar-refractivity contribution is 6.39. The summed E-state index contributed by atoms with van der Waals surface area (Å²) in [5, 5.41) is 4.09. The Bertz CT molecular complexity index is 1300. The normalized spacial score (nSPS) is 10.9. The maximum Gasteiger partial charge on any atom is 0.326 e. The predicted octanol–water partition coefficient (Wildman–Crippen LogP) is 4.64. The predicted molar refractivity (Wildman–Crippen MR) is 122 cm³/mol. The van der Waals surface area contributed by atoms with Gasteiger partial charge in [-0.15, -0.1) is 0 Å². The number of fused-ring (bicyclic) bond motifs is 2. The number of aromatic nitrogens is 1. The summed E-state index contributed by atoms with van der Waals surface area (Å²) >= 11 is 12.1. The van der Waals surface area contributed by atoms with Crippen LogP contribution in [0.3, 0.4) is 0 Å². The molecule has 0 spiro atoms. The highest BCUT2D eigenvalue weighted by Gasteiger charge is 2.15. The Labute approximate surface area is 186 Å². The van der Waals surface area contributed by atoms with Crippen LogP contribution in [-0.2, 0) is 20.9 Å². The van der Waals surface area contributed by atoms with Crippen LogP contribution in [0.2, 0.25) is 10.0 Å². The molecule has 0 aliphatic heterocycles. The molecule has 0 atom stereocenters. The third kappa shape index (κ3) is 4.26. The second-order valence-electron chi connectivity index (χ2n) is 6.76. The standard InChI is InChI=1S/C23H16Cl2N2O4/c24-16-8-5-9-17(25)22(16)26-20(28)13-31-21(29)12-27-18-10-3-1-6-14(18)23(30)15-7-2-4-11-19(15)27/h1-11H,12-13H2,(H,26,28). The number of rotatable bonds is 5. The molecule has 0 radical (unpaired) electrons. The fourth-order valence-electron chi connectivity index (χ4n) is 3.36. The molecule has 1 amide bonds. The van der Waals surface area contributed by atoms with E-state index in [1.165, 1.54) is 0 Å². The van der Waals surface area contributed by atoms with Gasteiger partial charge in [0.2, 0.25) is 0 Å². The maximum atomic E-state index is 12.8. The molecule has 0 saturated carbocycles. The van der Waals surface area contributed by atoms with E-state index in [2.05, 4.69) is 5.32 Å². The van der Waals surface area contributed by atoms with Gasteiger partial charge in [-0.1, -0.05) is 53.5 Å². The summed E-state index contributed by atoms with van der Waals surface area (Å²) in [6.45, 7) is -0.669. The van der Waals surface area contributed by atoms with Gasteiger partial charge in [-0.3, -0.25) is 14.4 Å². The second kappa shape index (κ2) is 8.79. The number of carbonyl (C=O) groups excluding carboxylic acids is 2. The van der Waals surface area contributed by atoms with Crippen molar-refractivity contribution in [1.82, 2.24) is 4.57 Å². The van der Waals surface area contributed by atoms with Gasteiger partial charge in [-0.25, -0.2) is 0 Å². The zero-order chi connectivity index (χ0) is 22.0. The first-order chi connectivity index (χ1) is 15.0. The minimum atomic E-state index is -0.626. The molecule has 0 fully saturated rings. The molecule has 1 heterocycles. The zero-order valence-electron chi connectivity index (χ0n) is 16.1. The average Bonchev–Trinajstić information content (AvgIpc) is 2.78. The van der Waals surface area contributed by atoms with Gasteiger partial charge in [0.1, 0.15) is 6.54 Å². The molecule has 4 rings (SSSR count). The average molecular weight is 455 g/mol. The van der Waals surface area contributed by atoms with Gasteiger partial charge >= 0.3 is 5.97 Å². The van der Waals surface area contributed by atoms with Gasteiger partial charge in [-0.2, -0.15) is 0 Å². The Morgan fingerprint density at radius 1 is 0.839 bits per heavy atom. The number of hydrogen-bond donors (Lipinski definition) is 1. The van der Waals surface area contributed by atoms with Gasteiger partial charge in [0, 0.05) is 10.8 Å². The number of pyridine rings is 1. The number of hydrogen-bond acceptors (Lipinski definition) is 4. The molecule has 8 heteroatoms. The summed E-state index contributed by atoms with van der Waals surface area (Å²) in [5.74, 6) is -1.20. The monoisotopic (exact) mass is 454 g/mol. The first-order valence-corrected chi connectivity index (χ1v) is 10.1. The first-order valence-electron chi connectivity index (χ1n) is 9.35. The van der Waals surface area contributed by atoms with E-state index in [9.17, 15) is 14.4 Å². The third-order valence-electron chi connectivity index (χ3n) is 4.76. The summed E-state index contributed by atoms with van der Waals surface area (Å²) < 4.78 is 6.86. The number of nitrogens with zero attached hydrogens (tertiary/aromatic N) is 1. The molecule has 1 N–H and O–H groups in total. The Hall–Kier alpha value is -3.35. The SMILES string of the molecule is O=C(COC(=O)Cn1c2ccccc2c(=O)c2ccccc21)Nc1c(Cl)cccc1Cl. The van der Waals surface area contributed by atoms with E-state index in [1.807, 2.05) is 0 Å². The Kier molecular flexibility index (Phi) is 5.93. The topological polar surface area (TPSA) is 77.4 Å². The van der Waals surface area contributed by atoms with Crippen LogP contribution in [0.4, 0.5) is 5.69 Å². The molecule has 31 heavy (non-hydrogen) atoms. The van der Waals surface area contributed by atoms with Crippen molar-refractivity contribution >= 4 is 62.6 Å². The number of ether oxygens (including phenoxy) is 1. The maximum absolute atomic E-state index is 12.8. The molecule has 6 nitrogen and oxygen atoms in total. The number of anilines is 1. The van der Waals surface area contributed by atoms with Crippen molar-refractivity contribution in [3.05, 3.63) is 87.0 Å². The molecule has 0 unspecified atom stereocenters. The highest BCUT2D eigenvalue weighted by Crippen LogP contribution is 2.29. The Balaban J connectivity index is 1.54. The summed E-state index contributed by atoms with van der Waals surface area (Å²) in [5.41, 5.74) is 1.36. The van der Waals surface area contributed by atoms with E-state index in [0.29, 0.717) is 21.8 Å². The molecule has 0 bridgehead atoms. The van der Waals surface area contributed by atoms with Crippen LogP contribution in [0, 0.1) is 0 Å². The van der Waals surface area contributed by atoms with E-state index >= 15 is 0 Å². The molecular formula is C23H16Cl2N2O4. The van der Waals surface area contributed by atoms with Crippen molar-refractivity contribution in [3.8, 4) is 0 Å². The summed E-state index contributed by atoms with van der Waals surface area (Å²) in [6, 6.07) is 18.9. The number of esters is 1. The summed E-state index contributed by atoms with van der Waals surface area (Å²) in [4.78, 5) is 37.5. The van der Waals surface area contributed by atoms with Crippen molar-refractivity contribution in [3.63, 3.8) is 0 Å². The molecule has 156 valence electrons. The molecule has 0 aliphatic rings. The van der Waals surface area contributed by atoms with Crippen molar-refractivity contribution in [2.45, 2.75) is 6.54 Å². The fourth-order valence-corrected chi connectivity index (χ4v) is 3.85. The van der Waals surface area contributed by atoms with Crippen LogP contribution in [0.1, 0.15) is 0 Å². The molecule has 0 aliphatic carbocycles. The van der Waals surface area contributed by atoms with E-state index in [0.717, 1.165) is 0 Å². The van der Waals surface area contributed by atoms with Gasteiger partial charge < -0.3 is 14.6 Å². The smallest absolute Gasteiger partial charge is 0.326 e. The quantitative estimate of drug-likeness (QED) is 0.351. The summed E-state index contributed by atoms with van der Waals surface area (Å²) in [6.07, 6.45) is 0. The first kappa shape index (κ1) is 20.9. The third-order valence-corrected chi connectivity index (χ3v) is 5.39. The van der Waals surface area contributed by atoms with Crippen LogP contribution in [0.5, 0.6) is 0 Å². The number of amides is 1. The second-order valence-corrected chi connectivity index (χ2v) is 7.57. The zero-order valence-corrected chi connectivity index (χ0v) is 17.6. The molecule has 0 saturated heterocycles. The number of carbonyl (C=O) groups is 2. The molecule has 3 aromatic carbocycles. The van der Waals surface area contributed by atoms with Crippen molar-refractivity contribution < 1.29 is 14.3 Å². The minimum absolute atomic E-state index is 0.105. The van der Waals surface area contributed by atoms with Gasteiger partial charge in [0.05, 0.1) is 26.8 Å². The number of nitrogens with one attached hydrogen (secondary N) is 1. The van der Waals surface area contributed by atoms with Crippen molar-refractivity contribution in [2.75, 3.05) is 11.9 Å². The van der Waals surface area contributed by atoms with E-state index in [4.69, 9.17) is 27.9 Å². The number of para-hydroxylation sites is 3.